The fourth-order valence-corrected chi connectivity index (χ4v) is 2.26. The summed E-state index contributed by atoms with van der Waals surface area (Å²) >= 11 is 0. The van der Waals surface area contributed by atoms with Crippen molar-refractivity contribution in [3.05, 3.63) is 46.2 Å². The normalized spacial score (nSPS) is 10.8. The predicted octanol–water partition coefficient (Wildman–Crippen LogP) is 0.504. The maximum Gasteiger partial charge on any atom is 0.252 e. The molecule has 2 N–H and O–H groups in total. The number of aryl methyl sites for hydroxylation is 1. The highest BCUT2D eigenvalue weighted by Crippen LogP contribution is 2.15. The van der Waals surface area contributed by atoms with Gasteiger partial charge in [-0.15, -0.1) is 0 Å². The molecule has 0 spiro atoms. The third-order valence-corrected chi connectivity index (χ3v) is 3.47. The van der Waals surface area contributed by atoms with Crippen LogP contribution in [0.3, 0.4) is 0 Å². The fraction of sp³-hybridized carbons (Fsp3) is 0.375. The molecule has 1 aromatic heterocycles. The van der Waals surface area contributed by atoms with Crippen LogP contribution >= 0.6 is 0 Å². The summed E-state index contributed by atoms with van der Waals surface area (Å²) in [5.41, 5.74) is 0.969. The van der Waals surface area contributed by atoms with Gasteiger partial charge in [0, 0.05) is 45.2 Å². The lowest BCUT2D eigenvalue weighted by molar-refractivity contribution is 0.0955. The van der Waals surface area contributed by atoms with Crippen LogP contribution < -0.4 is 16.2 Å². The number of aromatic nitrogens is 1. The van der Waals surface area contributed by atoms with E-state index >= 15 is 0 Å². The second-order valence-corrected chi connectivity index (χ2v) is 4.97. The number of para-hydroxylation sites is 1. The molecule has 2 aromatic rings. The molecule has 1 amide bonds. The maximum atomic E-state index is 12.3. The van der Waals surface area contributed by atoms with Crippen LogP contribution in [0.1, 0.15) is 10.4 Å². The highest BCUT2D eigenvalue weighted by molar-refractivity contribution is 6.06. The predicted molar refractivity (Wildman–Crippen MR) is 86.3 cm³/mol. The number of carbonyl (C=O) groups excluding carboxylic acids is 1. The van der Waals surface area contributed by atoms with Gasteiger partial charge in [0.1, 0.15) is 0 Å². The van der Waals surface area contributed by atoms with Crippen molar-refractivity contribution in [2.24, 2.45) is 7.05 Å². The second kappa shape index (κ2) is 7.72. The molecule has 6 nitrogen and oxygen atoms in total. The van der Waals surface area contributed by atoms with Crippen LogP contribution in [0.5, 0.6) is 0 Å². The van der Waals surface area contributed by atoms with Gasteiger partial charge in [-0.2, -0.15) is 0 Å². The second-order valence-electron chi connectivity index (χ2n) is 4.97. The van der Waals surface area contributed by atoms with Gasteiger partial charge in [0.05, 0.1) is 17.7 Å². The van der Waals surface area contributed by atoms with Gasteiger partial charge < -0.3 is 19.9 Å². The van der Waals surface area contributed by atoms with Crippen LogP contribution in [-0.4, -0.2) is 43.8 Å². The van der Waals surface area contributed by atoms with Crippen molar-refractivity contribution >= 4 is 16.8 Å². The number of benzene rings is 1. The van der Waals surface area contributed by atoms with Crippen molar-refractivity contribution in [2.45, 2.75) is 0 Å². The molecule has 1 heterocycles. The first-order chi connectivity index (χ1) is 10.6. The summed E-state index contributed by atoms with van der Waals surface area (Å²) in [5.74, 6) is -0.234. The third kappa shape index (κ3) is 3.72. The Bertz CT molecular complexity index is 709. The zero-order chi connectivity index (χ0) is 15.9. The van der Waals surface area contributed by atoms with E-state index in [0.29, 0.717) is 25.3 Å². The molecule has 0 saturated carbocycles. The molecule has 0 aliphatic carbocycles. The number of rotatable bonds is 7. The maximum absolute atomic E-state index is 12.3. The lowest BCUT2D eigenvalue weighted by Gasteiger charge is -2.11. The summed E-state index contributed by atoms with van der Waals surface area (Å²) in [6, 6.07) is 8.77. The average Bonchev–Trinajstić information content (AvgIpc) is 2.54. The number of amides is 1. The molecule has 0 aliphatic rings. The van der Waals surface area contributed by atoms with E-state index < -0.39 is 0 Å². The summed E-state index contributed by atoms with van der Waals surface area (Å²) in [6.07, 6.45) is 0. The summed E-state index contributed by atoms with van der Waals surface area (Å²) in [6.45, 7) is 2.51. The standard InChI is InChI=1S/C16H21N3O3/c1-19-14-6-4-3-5-12(14)13(11-15(19)20)16(21)18-8-7-17-9-10-22-2/h3-6,11,17H,7-10H2,1-2H3,(H,18,21). The first-order valence-electron chi connectivity index (χ1n) is 7.21. The van der Waals surface area contributed by atoms with E-state index in [1.807, 2.05) is 24.3 Å². The van der Waals surface area contributed by atoms with E-state index in [4.69, 9.17) is 4.74 Å². The SMILES string of the molecule is COCCNCCNC(=O)c1cc(=O)n(C)c2ccccc12. The van der Waals surface area contributed by atoms with E-state index in [0.717, 1.165) is 17.4 Å². The average molecular weight is 303 g/mol. The lowest BCUT2D eigenvalue weighted by atomic mass is 10.1. The molecule has 0 fully saturated rings. The largest absolute Gasteiger partial charge is 0.383 e. The molecule has 118 valence electrons. The van der Waals surface area contributed by atoms with E-state index in [1.54, 1.807) is 18.7 Å². The van der Waals surface area contributed by atoms with E-state index in [2.05, 4.69) is 10.6 Å². The molecule has 6 heteroatoms. The van der Waals surface area contributed by atoms with Crippen LogP contribution in [0.2, 0.25) is 0 Å². The molecule has 1 aromatic carbocycles. The van der Waals surface area contributed by atoms with Crippen molar-refractivity contribution < 1.29 is 9.53 Å². The molecule has 0 radical (unpaired) electrons. The number of hydrogen-bond donors (Lipinski definition) is 2. The number of fused-ring (bicyclic) bond motifs is 1. The number of ether oxygens (including phenoxy) is 1. The number of hydrogen-bond acceptors (Lipinski definition) is 4. The molecular weight excluding hydrogens is 282 g/mol. The molecular formula is C16H21N3O3. The lowest BCUT2D eigenvalue weighted by Crippen LogP contribution is -2.34. The van der Waals surface area contributed by atoms with Crippen molar-refractivity contribution in [1.29, 1.82) is 0 Å². The highest BCUT2D eigenvalue weighted by Gasteiger charge is 2.12. The Morgan fingerprint density at radius 2 is 2.00 bits per heavy atom. The molecule has 22 heavy (non-hydrogen) atoms. The van der Waals surface area contributed by atoms with Crippen LogP contribution in [0, 0.1) is 0 Å². The van der Waals surface area contributed by atoms with Gasteiger partial charge in [0.2, 0.25) is 0 Å². The first kappa shape index (κ1) is 16.2. The van der Waals surface area contributed by atoms with Gasteiger partial charge >= 0.3 is 0 Å². The number of carbonyl (C=O) groups is 1. The minimum absolute atomic E-state index is 0.193. The first-order valence-corrected chi connectivity index (χ1v) is 7.21. The number of nitrogens with one attached hydrogen (secondary N) is 2. The molecule has 0 atom stereocenters. The quantitative estimate of drug-likeness (QED) is 0.731. The Balaban J connectivity index is 2.09. The number of pyridine rings is 1. The minimum atomic E-state index is -0.234. The Morgan fingerprint density at radius 1 is 1.23 bits per heavy atom. The van der Waals surface area contributed by atoms with Gasteiger partial charge in [-0.1, -0.05) is 18.2 Å². The van der Waals surface area contributed by atoms with Crippen LogP contribution in [0.25, 0.3) is 10.9 Å². The van der Waals surface area contributed by atoms with Gasteiger partial charge in [-0.3, -0.25) is 9.59 Å². The van der Waals surface area contributed by atoms with Gasteiger partial charge in [-0.25, -0.2) is 0 Å². The Kier molecular flexibility index (Phi) is 5.68. The Labute approximate surface area is 129 Å². The topological polar surface area (TPSA) is 72.4 Å². The van der Waals surface area contributed by atoms with E-state index in [9.17, 15) is 9.59 Å². The third-order valence-electron chi connectivity index (χ3n) is 3.47. The zero-order valence-electron chi connectivity index (χ0n) is 12.9. The van der Waals surface area contributed by atoms with Gasteiger partial charge in [0.25, 0.3) is 11.5 Å². The number of methoxy groups -OCH3 is 1. The van der Waals surface area contributed by atoms with Crippen molar-refractivity contribution in [3.8, 4) is 0 Å². The van der Waals surface area contributed by atoms with Gasteiger partial charge in [0.15, 0.2) is 0 Å². The van der Waals surface area contributed by atoms with Crippen LogP contribution in [-0.2, 0) is 11.8 Å². The highest BCUT2D eigenvalue weighted by atomic mass is 16.5. The number of nitrogens with zero attached hydrogens (tertiary/aromatic N) is 1. The fourth-order valence-electron chi connectivity index (χ4n) is 2.26. The molecule has 0 saturated heterocycles. The minimum Gasteiger partial charge on any atom is -0.383 e. The monoisotopic (exact) mass is 303 g/mol. The Hall–Kier alpha value is -2.18. The van der Waals surface area contributed by atoms with Crippen molar-refractivity contribution in [3.63, 3.8) is 0 Å². The molecule has 0 unspecified atom stereocenters. The summed E-state index contributed by atoms with van der Waals surface area (Å²) in [4.78, 5) is 24.3. The zero-order valence-corrected chi connectivity index (χ0v) is 12.9. The van der Waals surface area contributed by atoms with Crippen LogP contribution in [0.4, 0.5) is 0 Å². The molecule has 0 aliphatic heterocycles. The summed E-state index contributed by atoms with van der Waals surface area (Å²) in [7, 11) is 3.34. The van der Waals surface area contributed by atoms with Crippen LogP contribution in [0.15, 0.2) is 35.1 Å². The van der Waals surface area contributed by atoms with Crippen molar-refractivity contribution in [2.75, 3.05) is 33.4 Å². The smallest absolute Gasteiger partial charge is 0.252 e. The Morgan fingerprint density at radius 3 is 2.77 bits per heavy atom. The van der Waals surface area contributed by atoms with E-state index in [-0.39, 0.29) is 11.5 Å². The van der Waals surface area contributed by atoms with E-state index in [1.165, 1.54) is 6.07 Å². The van der Waals surface area contributed by atoms with Gasteiger partial charge in [-0.05, 0) is 6.07 Å². The molecule has 2 rings (SSSR count). The summed E-state index contributed by atoms with van der Waals surface area (Å²) < 4.78 is 6.46. The van der Waals surface area contributed by atoms with Crippen molar-refractivity contribution in [1.82, 2.24) is 15.2 Å². The summed E-state index contributed by atoms with van der Waals surface area (Å²) in [5, 5.41) is 6.74. The molecule has 0 bridgehead atoms.